The third-order valence-electron chi connectivity index (χ3n) is 3.82. The van der Waals surface area contributed by atoms with E-state index in [2.05, 4.69) is 13.8 Å². The normalized spacial score (nSPS) is 10.8. The molecule has 0 heterocycles. The first-order chi connectivity index (χ1) is 9.03. The van der Waals surface area contributed by atoms with E-state index in [1.165, 1.54) is 0 Å². The largest absolute Gasteiger partial charge is 0.399 e. The van der Waals surface area contributed by atoms with Crippen molar-refractivity contribution < 1.29 is 4.79 Å². The molecule has 0 aliphatic heterocycles. The third-order valence-corrected chi connectivity index (χ3v) is 3.82. The predicted octanol–water partition coefficient (Wildman–Crippen LogP) is 3.48. The summed E-state index contributed by atoms with van der Waals surface area (Å²) in [6.07, 6.45) is 2.22. The number of nitrogens with two attached hydrogens (primary N) is 1. The Kier molecular flexibility index (Phi) is 5.87. The lowest BCUT2D eigenvalue weighted by Crippen LogP contribution is -2.35. The van der Waals surface area contributed by atoms with E-state index < -0.39 is 0 Å². The fraction of sp³-hybridized carbons (Fsp3) is 0.562. The van der Waals surface area contributed by atoms with E-state index in [9.17, 15) is 4.79 Å². The monoisotopic (exact) mass is 262 g/mol. The van der Waals surface area contributed by atoms with E-state index in [-0.39, 0.29) is 5.91 Å². The van der Waals surface area contributed by atoms with E-state index in [4.69, 9.17) is 5.73 Å². The van der Waals surface area contributed by atoms with Crippen molar-refractivity contribution in [3.8, 4) is 0 Å². The molecule has 106 valence electrons. The zero-order valence-electron chi connectivity index (χ0n) is 12.6. The number of anilines is 1. The zero-order chi connectivity index (χ0) is 14.4. The molecule has 3 nitrogen and oxygen atoms in total. The maximum Gasteiger partial charge on any atom is 0.253 e. The molecule has 0 bridgehead atoms. The Morgan fingerprint density at radius 3 is 2.37 bits per heavy atom. The number of aryl methyl sites for hydroxylation is 1. The fourth-order valence-corrected chi connectivity index (χ4v) is 2.21. The highest BCUT2D eigenvalue weighted by Crippen LogP contribution is 2.16. The lowest BCUT2D eigenvalue weighted by molar-refractivity contribution is 0.0735. The maximum absolute atomic E-state index is 12.5. The Hall–Kier alpha value is -1.51. The van der Waals surface area contributed by atoms with Gasteiger partial charge in [-0.25, -0.2) is 0 Å². The van der Waals surface area contributed by atoms with Gasteiger partial charge in [-0.3, -0.25) is 4.79 Å². The van der Waals surface area contributed by atoms with Crippen molar-refractivity contribution in [2.24, 2.45) is 5.92 Å². The van der Waals surface area contributed by atoms with Gasteiger partial charge in [0.2, 0.25) is 0 Å². The van der Waals surface area contributed by atoms with Crippen LogP contribution in [-0.4, -0.2) is 23.9 Å². The highest BCUT2D eigenvalue weighted by atomic mass is 16.2. The molecule has 0 spiro atoms. The van der Waals surface area contributed by atoms with Crippen LogP contribution in [0.1, 0.15) is 49.5 Å². The van der Waals surface area contributed by atoms with Gasteiger partial charge < -0.3 is 10.6 Å². The number of nitrogen functional groups attached to an aromatic ring is 1. The van der Waals surface area contributed by atoms with Gasteiger partial charge in [0.05, 0.1) is 0 Å². The second-order valence-electron chi connectivity index (χ2n) is 5.10. The number of hydrogen-bond donors (Lipinski definition) is 1. The van der Waals surface area contributed by atoms with Gasteiger partial charge in [0, 0.05) is 24.3 Å². The van der Waals surface area contributed by atoms with Crippen LogP contribution < -0.4 is 5.73 Å². The summed E-state index contributed by atoms with van der Waals surface area (Å²) in [6, 6.07) is 5.51. The Morgan fingerprint density at radius 2 is 1.89 bits per heavy atom. The molecule has 2 N–H and O–H groups in total. The molecule has 1 aromatic carbocycles. The summed E-state index contributed by atoms with van der Waals surface area (Å²) in [4.78, 5) is 14.4. The molecule has 0 aromatic heterocycles. The maximum atomic E-state index is 12.5. The molecular weight excluding hydrogens is 236 g/mol. The average molecular weight is 262 g/mol. The smallest absolute Gasteiger partial charge is 0.253 e. The molecule has 0 atom stereocenters. The van der Waals surface area contributed by atoms with Gasteiger partial charge in [-0.1, -0.05) is 26.7 Å². The van der Waals surface area contributed by atoms with Crippen molar-refractivity contribution in [2.75, 3.05) is 18.8 Å². The van der Waals surface area contributed by atoms with Gasteiger partial charge in [0.15, 0.2) is 0 Å². The molecule has 1 amide bonds. The standard InChI is InChI=1S/C16H26N2O/c1-5-13(6-2)11-18(7-3)16(19)14-8-9-15(17)12(4)10-14/h8-10,13H,5-7,11,17H2,1-4H3. The Morgan fingerprint density at radius 1 is 1.26 bits per heavy atom. The number of hydrogen-bond acceptors (Lipinski definition) is 2. The SMILES string of the molecule is CCC(CC)CN(CC)C(=O)c1ccc(N)c(C)c1. The van der Waals surface area contributed by atoms with Gasteiger partial charge >= 0.3 is 0 Å². The van der Waals surface area contributed by atoms with Crippen LogP contribution >= 0.6 is 0 Å². The van der Waals surface area contributed by atoms with Gasteiger partial charge in [0.25, 0.3) is 5.91 Å². The first kappa shape index (κ1) is 15.5. The molecule has 0 saturated carbocycles. The molecule has 1 rings (SSSR count). The molecule has 0 fully saturated rings. The summed E-state index contributed by atoms with van der Waals surface area (Å²) < 4.78 is 0. The highest BCUT2D eigenvalue weighted by molar-refractivity contribution is 5.94. The van der Waals surface area contributed by atoms with Gasteiger partial charge in [-0.2, -0.15) is 0 Å². The van der Waals surface area contributed by atoms with Crippen LogP contribution in [0, 0.1) is 12.8 Å². The van der Waals surface area contributed by atoms with Gasteiger partial charge in [-0.05, 0) is 43.5 Å². The lowest BCUT2D eigenvalue weighted by Gasteiger charge is -2.25. The Balaban J connectivity index is 2.85. The van der Waals surface area contributed by atoms with Crippen molar-refractivity contribution >= 4 is 11.6 Å². The molecule has 3 heteroatoms. The zero-order valence-corrected chi connectivity index (χ0v) is 12.6. The summed E-state index contributed by atoms with van der Waals surface area (Å²) in [5, 5.41) is 0. The summed E-state index contributed by atoms with van der Waals surface area (Å²) >= 11 is 0. The third kappa shape index (κ3) is 3.98. The second kappa shape index (κ2) is 7.17. The molecule has 0 saturated heterocycles. The van der Waals surface area contributed by atoms with Crippen LogP contribution in [0.25, 0.3) is 0 Å². The van der Waals surface area contributed by atoms with Crippen LogP contribution in [0.5, 0.6) is 0 Å². The average Bonchev–Trinajstić information content (AvgIpc) is 2.42. The molecule has 19 heavy (non-hydrogen) atoms. The fourth-order valence-electron chi connectivity index (χ4n) is 2.21. The number of carbonyl (C=O) groups excluding carboxylic acids is 1. The highest BCUT2D eigenvalue weighted by Gasteiger charge is 2.17. The minimum absolute atomic E-state index is 0.109. The second-order valence-corrected chi connectivity index (χ2v) is 5.10. The number of nitrogens with zero attached hydrogens (tertiary/aromatic N) is 1. The van der Waals surface area contributed by atoms with Crippen molar-refractivity contribution in [2.45, 2.75) is 40.5 Å². The molecule has 0 aliphatic rings. The lowest BCUT2D eigenvalue weighted by atomic mass is 10.0. The molecule has 0 unspecified atom stereocenters. The first-order valence-electron chi connectivity index (χ1n) is 7.18. The number of amides is 1. The van der Waals surface area contributed by atoms with E-state index >= 15 is 0 Å². The summed E-state index contributed by atoms with van der Waals surface area (Å²) in [6.45, 7) is 9.91. The molecule has 0 radical (unpaired) electrons. The topological polar surface area (TPSA) is 46.3 Å². The minimum Gasteiger partial charge on any atom is -0.399 e. The van der Waals surface area contributed by atoms with Crippen LogP contribution in [0.4, 0.5) is 5.69 Å². The van der Waals surface area contributed by atoms with Gasteiger partial charge in [0.1, 0.15) is 0 Å². The number of rotatable bonds is 6. The summed E-state index contributed by atoms with van der Waals surface area (Å²) in [5.74, 6) is 0.691. The predicted molar refractivity (Wildman–Crippen MR) is 81.2 cm³/mol. The van der Waals surface area contributed by atoms with E-state index in [1.807, 2.05) is 36.9 Å². The van der Waals surface area contributed by atoms with Crippen molar-refractivity contribution in [1.82, 2.24) is 4.90 Å². The van der Waals surface area contributed by atoms with Crippen LogP contribution in [0.3, 0.4) is 0 Å². The number of benzene rings is 1. The van der Waals surface area contributed by atoms with Crippen LogP contribution in [-0.2, 0) is 0 Å². The summed E-state index contributed by atoms with van der Waals surface area (Å²) in [7, 11) is 0. The van der Waals surface area contributed by atoms with Crippen LogP contribution in [0.15, 0.2) is 18.2 Å². The molecule has 1 aromatic rings. The van der Waals surface area contributed by atoms with Crippen LogP contribution in [0.2, 0.25) is 0 Å². The Labute approximate surface area is 116 Å². The quantitative estimate of drug-likeness (QED) is 0.798. The van der Waals surface area contributed by atoms with Gasteiger partial charge in [-0.15, -0.1) is 0 Å². The van der Waals surface area contributed by atoms with Crippen molar-refractivity contribution in [1.29, 1.82) is 0 Å². The van der Waals surface area contributed by atoms with E-state index in [0.29, 0.717) is 5.92 Å². The molecule has 0 aliphatic carbocycles. The van der Waals surface area contributed by atoms with Crippen molar-refractivity contribution in [3.05, 3.63) is 29.3 Å². The summed E-state index contributed by atoms with van der Waals surface area (Å²) in [5.41, 5.74) is 8.23. The Bertz CT molecular complexity index is 425. The van der Waals surface area contributed by atoms with E-state index in [1.54, 1.807) is 0 Å². The van der Waals surface area contributed by atoms with E-state index in [0.717, 1.165) is 42.7 Å². The first-order valence-corrected chi connectivity index (χ1v) is 7.18. The number of carbonyl (C=O) groups is 1. The molecular formula is C16H26N2O. The van der Waals surface area contributed by atoms with Crippen molar-refractivity contribution in [3.63, 3.8) is 0 Å². The minimum atomic E-state index is 0.109.